The fourth-order valence-corrected chi connectivity index (χ4v) is 2.79. The molecule has 1 heterocycles. The average molecular weight is 297 g/mol. The fraction of sp³-hybridized carbons (Fsp3) is 0.833. The van der Waals surface area contributed by atoms with Gasteiger partial charge in [-0.3, -0.25) is 4.79 Å². The third-order valence-electron chi connectivity index (χ3n) is 3.49. The van der Waals surface area contributed by atoms with Crippen LogP contribution in [-0.4, -0.2) is 43.6 Å². The van der Waals surface area contributed by atoms with Gasteiger partial charge in [0.1, 0.15) is 25.1 Å². The number of hydrogen-bond acceptors (Lipinski definition) is 5. The van der Waals surface area contributed by atoms with Gasteiger partial charge in [0, 0.05) is 11.8 Å². The molecule has 0 spiro atoms. The molecule has 0 aromatic carbocycles. The third kappa shape index (κ3) is 8.28. The Labute approximate surface area is 115 Å². The molecule has 112 valence electrons. The quantitative estimate of drug-likeness (QED) is 0.580. The molecule has 0 aromatic rings. The normalized spacial score (nSPS) is 26.9. The molecular weight excluding hydrogens is 274 g/mol. The van der Waals surface area contributed by atoms with E-state index in [9.17, 15) is 4.79 Å². The van der Waals surface area contributed by atoms with Gasteiger partial charge in [0.25, 0.3) is 0 Å². The minimum absolute atomic E-state index is 0.314. The molecule has 1 saturated carbocycles. The summed E-state index contributed by atoms with van der Waals surface area (Å²) in [6.07, 6.45) is 8.69. The van der Waals surface area contributed by atoms with Gasteiger partial charge in [0.15, 0.2) is 0 Å². The minimum atomic E-state index is -4.19. The number of carbonyl (C=O) groups is 1. The van der Waals surface area contributed by atoms with Crippen LogP contribution >= 0.6 is 0 Å². The molecule has 2 rings (SSSR count). The predicted octanol–water partition coefficient (Wildman–Crippen LogP) is -0.991. The molecule has 19 heavy (non-hydrogen) atoms. The Hall–Kier alpha value is -0.530. The molecule has 7 heteroatoms. The predicted molar refractivity (Wildman–Crippen MR) is 63.5 cm³/mol. The monoisotopic (exact) mass is 296 g/mol. The second kappa shape index (κ2) is 7.31. The van der Waals surface area contributed by atoms with Crippen molar-refractivity contribution in [1.29, 1.82) is 0 Å². The molecule has 2 aliphatic rings. The Bertz CT molecular complexity index is 334. The van der Waals surface area contributed by atoms with Crippen LogP contribution in [0.2, 0.25) is 0 Å². The zero-order valence-corrected chi connectivity index (χ0v) is 11.9. The second-order valence-corrected chi connectivity index (χ2v) is 6.19. The van der Waals surface area contributed by atoms with Gasteiger partial charge in [0.05, 0.1) is 6.42 Å². The first-order chi connectivity index (χ1) is 8.74. The summed E-state index contributed by atoms with van der Waals surface area (Å²) in [4.78, 5) is 10.9. The molecule has 1 aliphatic heterocycles. The van der Waals surface area contributed by atoms with Crippen LogP contribution in [0.4, 0.5) is 0 Å². The topological polar surface area (TPSA) is 104 Å². The van der Waals surface area contributed by atoms with E-state index in [1.165, 1.54) is 32.2 Å². The van der Waals surface area contributed by atoms with Gasteiger partial charge in [-0.1, -0.05) is 6.42 Å². The van der Waals surface area contributed by atoms with E-state index in [2.05, 4.69) is 10.8 Å². The van der Waals surface area contributed by atoms with E-state index >= 15 is 0 Å². The van der Waals surface area contributed by atoms with Crippen molar-refractivity contribution in [2.24, 2.45) is 11.8 Å². The molecule has 2 unspecified atom stereocenters. The van der Waals surface area contributed by atoms with Gasteiger partial charge in [0.2, 0.25) is 0 Å². The first-order valence-corrected chi connectivity index (χ1v) is 7.81. The SMILES string of the molecule is CC(=O)CC[N+]1=CC2CCCC(C2)C1.[O-][Cl+](O)(O)O. The Morgan fingerprint density at radius 1 is 1.42 bits per heavy atom. The van der Waals surface area contributed by atoms with Crippen LogP contribution in [0.3, 0.4) is 0 Å². The first kappa shape index (κ1) is 16.5. The Morgan fingerprint density at radius 3 is 2.58 bits per heavy atom. The van der Waals surface area contributed by atoms with Crippen LogP contribution in [0.15, 0.2) is 0 Å². The summed E-state index contributed by atoms with van der Waals surface area (Å²) in [5.74, 6) is 2.04. The van der Waals surface area contributed by atoms with Crippen LogP contribution in [0.25, 0.3) is 0 Å². The summed E-state index contributed by atoms with van der Waals surface area (Å²) in [5, 5.41) is 0. The molecule has 2 atom stereocenters. The summed E-state index contributed by atoms with van der Waals surface area (Å²) < 4.78 is 32.6. The van der Waals surface area contributed by atoms with Crippen molar-refractivity contribution in [2.45, 2.75) is 39.0 Å². The van der Waals surface area contributed by atoms with Gasteiger partial charge in [-0.15, -0.1) is 0 Å². The van der Waals surface area contributed by atoms with Crippen molar-refractivity contribution in [2.75, 3.05) is 13.1 Å². The van der Waals surface area contributed by atoms with Gasteiger partial charge >= 0.3 is 28.9 Å². The third-order valence-corrected chi connectivity index (χ3v) is 3.49. The van der Waals surface area contributed by atoms with Gasteiger partial charge in [-0.25, -0.2) is 4.58 Å². The van der Waals surface area contributed by atoms with Gasteiger partial charge in [-0.2, -0.15) is 0 Å². The van der Waals surface area contributed by atoms with Crippen LogP contribution < -0.4 is 4.66 Å². The van der Waals surface area contributed by atoms with Crippen LogP contribution in [-0.2, 0) is 4.79 Å². The molecular formula is C12H23ClNO5+. The van der Waals surface area contributed by atoms with E-state index in [0.717, 1.165) is 24.8 Å². The van der Waals surface area contributed by atoms with Crippen LogP contribution in [0, 0.1) is 22.1 Å². The Kier molecular flexibility index (Phi) is 6.35. The molecule has 1 fully saturated rings. The van der Waals surface area contributed by atoms with Crippen molar-refractivity contribution in [3.05, 3.63) is 0 Å². The number of ketones is 1. The Balaban J connectivity index is 0.000000312. The number of fused-ring (bicyclic) bond motifs is 2. The number of carbonyl (C=O) groups excluding carboxylic acids is 1. The second-order valence-electron chi connectivity index (χ2n) is 5.32. The zero-order valence-electron chi connectivity index (χ0n) is 11.2. The van der Waals surface area contributed by atoms with Crippen molar-refractivity contribution in [1.82, 2.24) is 0 Å². The van der Waals surface area contributed by atoms with Crippen molar-refractivity contribution in [3.63, 3.8) is 0 Å². The van der Waals surface area contributed by atoms with E-state index in [1.54, 1.807) is 6.92 Å². The maximum atomic E-state index is 10.9. The molecule has 6 nitrogen and oxygen atoms in total. The molecule has 0 radical (unpaired) electrons. The molecule has 0 saturated heterocycles. The van der Waals surface area contributed by atoms with E-state index in [0.29, 0.717) is 5.78 Å². The number of Topliss-reactive ketones (excluding diaryl/α,β-unsaturated/α-hetero) is 1. The standard InChI is InChI=1S/C12H20NO.ClH3O4/c1-10(14)5-6-13-8-11-3-2-4-12(7-11)9-13;2-1(3,4)5/h8,11-12H,2-7,9H2,1H3;2-4H/q+1;. The molecule has 2 bridgehead atoms. The number of rotatable bonds is 3. The van der Waals surface area contributed by atoms with Crippen molar-refractivity contribution >= 4 is 12.0 Å². The summed E-state index contributed by atoms with van der Waals surface area (Å²) in [7, 11) is -4.19. The van der Waals surface area contributed by atoms with E-state index < -0.39 is 10.2 Å². The zero-order chi connectivity index (χ0) is 14.5. The van der Waals surface area contributed by atoms with Crippen molar-refractivity contribution < 1.29 is 38.2 Å². The van der Waals surface area contributed by atoms with Crippen molar-refractivity contribution in [3.8, 4) is 0 Å². The van der Waals surface area contributed by atoms with Gasteiger partial charge < -0.3 is 0 Å². The van der Waals surface area contributed by atoms with Gasteiger partial charge in [-0.05, 0) is 26.2 Å². The molecule has 3 N–H and O–H groups in total. The van der Waals surface area contributed by atoms with E-state index in [4.69, 9.17) is 18.6 Å². The summed E-state index contributed by atoms with van der Waals surface area (Å²) in [6, 6.07) is 0. The first-order valence-electron chi connectivity index (χ1n) is 6.48. The number of hydrogen-bond donors (Lipinski definition) is 3. The fourth-order valence-electron chi connectivity index (χ4n) is 2.79. The Morgan fingerprint density at radius 2 is 2.05 bits per heavy atom. The molecule has 1 aliphatic carbocycles. The summed E-state index contributed by atoms with van der Waals surface area (Å²) >= 11 is 0. The maximum absolute atomic E-state index is 10.9. The van der Waals surface area contributed by atoms with E-state index in [-0.39, 0.29) is 0 Å². The molecule has 0 amide bonds. The average Bonchev–Trinajstić information content (AvgIpc) is 2.23. The summed E-state index contributed by atoms with van der Waals surface area (Å²) in [6.45, 7) is 3.83. The van der Waals surface area contributed by atoms with Crippen LogP contribution in [0.5, 0.6) is 0 Å². The van der Waals surface area contributed by atoms with Crippen LogP contribution in [0.1, 0.15) is 39.0 Å². The van der Waals surface area contributed by atoms with E-state index in [1.807, 2.05) is 0 Å². The summed E-state index contributed by atoms with van der Waals surface area (Å²) in [5.41, 5.74) is 0. The molecule has 0 aromatic heterocycles. The number of nitrogens with zero attached hydrogens (tertiary/aromatic N) is 1. The number of halogens is 1.